The normalized spacial score (nSPS) is 13.2. The van der Waals surface area contributed by atoms with Crippen LogP contribution < -0.4 is 0 Å². The molecule has 1 atom stereocenters. The number of fused-ring (bicyclic) bond motifs is 1. The van der Waals surface area contributed by atoms with Crippen molar-refractivity contribution in [3.63, 3.8) is 0 Å². The van der Waals surface area contributed by atoms with E-state index in [2.05, 4.69) is 0 Å². The number of hydrogen-bond donors (Lipinski definition) is 1. The third-order valence-corrected chi connectivity index (χ3v) is 3.47. The summed E-state index contributed by atoms with van der Waals surface area (Å²) >= 11 is 0. The van der Waals surface area contributed by atoms with Gasteiger partial charge in [-0.2, -0.15) is 0 Å². The molecule has 0 aliphatic rings. The van der Waals surface area contributed by atoms with E-state index < -0.39 is 12.0 Å². The van der Waals surface area contributed by atoms with Crippen molar-refractivity contribution in [2.45, 2.75) is 13.0 Å². The molecule has 1 unspecified atom stereocenters. The van der Waals surface area contributed by atoms with Gasteiger partial charge in [-0.15, -0.1) is 0 Å². The van der Waals surface area contributed by atoms with E-state index in [1.54, 1.807) is 19.0 Å². The van der Waals surface area contributed by atoms with Gasteiger partial charge < -0.3 is 9.67 Å². The molecule has 1 aromatic heterocycles. The fourth-order valence-electron chi connectivity index (χ4n) is 2.50. The molecule has 0 radical (unpaired) electrons. The van der Waals surface area contributed by atoms with Gasteiger partial charge in [0.25, 0.3) is 0 Å². The Morgan fingerprint density at radius 2 is 1.94 bits per heavy atom. The van der Waals surface area contributed by atoms with E-state index in [1.807, 2.05) is 42.8 Å². The molecule has 0 aliphatic carbocycles. The standard InChI is InChI=1S/C14H18N2O2/c1-9-12(13(14(17)18)15(2)3)10-7-5-6-8-11(10)16(9)4/h5-8,13H,1-4H3,(H,17,18). The van der Waals surface area contributed by atoms with E-state index in [0.717, 1.165) is 22.2 Å². The molecule has 2 rings (SSSR count). The van der Waals surface area contributed by atoms with Gasteiger partial charge in [-0.3, -0.25) is 9.69 Å². The summed E-state index contributed by atoms with van der Waals surface area (Å²) in [4.78, 5) is 13.2. The highest BCUT2D eigenvalue weighted by Gasteiger charge is 2.28. The van der Waals surface area contributed by atoms with E-state index in [4.69, 9.17) is 0 Å². The van der Waals surface area contributed by atoms with E-state index in [-0.39, 0.29) is 0 Å². The van der Waals surface area contributed by atoms with Gasteiger partial charge in [-0.05, 0) is 27.1 Å². The minimum atomic E-state index is -0.820. The number of likely N-dealkylation sites (N-methyl/N-ethyl adjacent to an activating group) is 1. The molecule has 0 aliphatic heterocycles. The highest BCUT2D eigenvalue weighted by Crippen LogP contribution is 2.32. The molecular weight excluding hydrogens is 228 g/mol. The first-order chi connectivity index (χ1) is 8.45. The highest BCUT2D eigenvalue weighted by molar-refractivity contribution is 5.91. The summed E-state index contributed by atoms with van der Waals surface area (Å²) in [6.07, 6.45) is 0. The van der Waals surface area contributed by atoms with Crippen LogP contribution in [0.5, 0.6) is 0 Å². The molecule has 2 aromatic rings. The first-order valence-corrected chi connectivity index (χ1v) is 5.88. The first kappa shape index (κ1) is 12.6. The van der Waals surface area contributed by atoms with Crippen molar-refractivity contribution in [1.29, 1.82) is 0 Å². The van der Waals surface area contributed by atoms with Crippen LogP contribution >= 0.6 is 0 Å². The predicted octanol–water partition coefficient (Wildman–Crippen LogP) is 2.17. The number of nitrogens with zero attached hydrogens (tertiary/aromatic N) is 2. The molecule has 18 heavy (non-hydrogen) atoms. The quantitative estimate of drug-likeness (QED) is 0.902. The Bertz CT molecular complexity index is 599. The van der Waals surface area contributed by atoms with Gasteiger partial charge in [0.1, 0.15) is 6.04 Å². The maximum Gasteiger partial charge on any atom is 0.325 e. The van der Waals surface area contributed by atoms with Crippen molar-refractivity contribution in [2.24, 2.45) is 7.05 Å². The van der Waals surface area contributed by atoms with E-state index in [9.17, 15) is 9.90 Å². The van der Waals surface area contributed by atoms with Crippen LogP contribution in [0.2, 0.25) is 0 Å². The lowest BCUT2D eigenvalue weighted by Crippen LogP contribution is -2.28. The Balaban J connectivity index is 2.77. The number of benzene rings is 1. The summed E-state index contributed by atoms with van der Waals surface area (Å²) in [6.45, 7) is 1.97. The number of carbonyl (C=O) groups is 1. The Kier molecular flexibility index (Phi) is 3.13. The van der Waals surface area contributed by atoms with E-state index >= 15 is 0 Å². The minimum Gasteiger partial charge on any atom is -0.480 e. The lowest BCUT2D eigenvalue weighted by atomic mass is 10.0. The highest BCUT2D eigenvalue weighted by atomic mass is 16.4. The van der Waals surface area contributed by atoms with Crippen molar-refractivity contribution in [3.05, 3.63) is 35.5 Å². The SMILES string of the molecule is Cc1c(C(C(=O)O)N(C)C)c2ccccc2n1C. The van der Waals surface area contributed by atoms with Crippen LogP contribution in [-0.4, -0.2) is 34.6 Å². The van der Waals surface area contributed by atoms with E-state index in [0.29, 0.717) is 0 Å². The second kappa shape index (κ2) is 4.46. The van der Waals surface area contributed by atoms with Crippen molar-refractivity contribution < 1.29 is 9.90 Å². The van der Waals surface area contributed by atoms with Crippen molar-refractivity contribution in [2.75, 3.05) is 14.1 Å². The zero-order valence-electron chi connectivity index (χ0n) is 11.1. The average Bonchev–Trinajstić information content (AvgIpc) is 2.55. The average molecular weight is 246 g/mol. The molecule has 4 heteroatoms. The first-order valence-electron chi connectivity index (χ1n) is 5.88. The van der Waals surface area contributed by atoms with Crippen LogP contribution in [0.3, 0.4) is 0 Å². The summed E-state index contributed by atoms with van der Waals surface area (Å²) in [5, 5.41) is 10.5. The fourth-order valence-corrected chi connectivity index (χ4v) is 2.50. The van der Waals surface area contributed by atoms with Gasteiger partial charge in [0, 0.05) is 29.2 Å². The van der Waals surface area contributed by atoms with E-state index in [1.165, 1.54) is 0 Å². The maximum atomic E-state index is 11.5. The number of rotatable bonds is 3. The summed E-state index contributed by atoms with van der Waals surface area (Å²) in [5.41, 5.74) is 2.95. The summed E-state index contributed by atoms with van der Waals surface area (Å²) in [7, 11) is 5.55. The fraction of sp³-hybridized carbons (Fsp3) is 0.357. The molecule has 0 bridgehead atoms. The summed E-state index contributed by atoms with van der Waals surface area (Å²) in [5.74, 6) is -0.820. The lowest BCUT2D eigenvalue weighted by Gasteiger charge is -2.20. The Hall–Kier alpha value is -1.81. The number of aliphatic carboxylic acids is 1. The molecule has 0 spiro atoms. The largest absolute Gasteiger partial charge is 0.480 e. The van der Waals surface area contributed by atoms with Crippen LogP contribution in [0.25, 0.3) is 10.9 Å². The zero-order chi connectivity index (χ0) is 13.4. The second-order valence-corrected chi connectivity index (χ2v) is 4.78. The molecular formula is C14H18N2O2. The minimum absolute atomic E-state index is 0.615. The van der Waals surface area contributed by atoms with Crippen LogP contribution in [-0.2, 0) is 11.8 Å². The van der Waals surface area contributed by atoms with Crippen LogP contribution in [0.4, 0.5) is 0 Å². The Labute approximate surface area is 106 Å². The van der Waals surface area contributed by atoms with Gasteiger partial charge in [0.05, 0.1) is 0 Å². The smallest absolute Gasteiger partial charge is 0.325 e. The molecule has 96 valence electrons. The summed E-state index contributed by atoms with van der Waals surface area (Å²) in [6, 6.07) is 7.30. The van der Waals surface area contributed by atoms with Gasteiger partial charge in [0.15, 0.2) is 0 Å². The predicted molar refractivity (Wildman–Crippen MR) is 71.7 cm³/mol. The lowest BCUT2D eigenvalue weighted by molar-refractivity contribution is -0.142. The third-order valence-electron chi connectivity index (χ3n) is 3.47. The van der Waals surface area contributed by atoms with Crippen molar-refractivity contribution in [1.82, 2.24) is 9.47 Å². The number of aromatic nitrogens is 1. The number of aryl methyl sites for hydroxylation is 1. The number of carboxylic acid groups (broad SMARTS) is 1. The van der Waals surface area contributed by atoms with Gasteiger partial charge in [-0.25, -0.2) is 0 Å². The summed E-state index contributed by atoms with van der Waals surface area (Å²) < 4.78 is 2.05. The number of para-hydroxylation sites is 1. The monoisotopic (exact) mass is 246 g/mol. The topological polar surface area (TPSA) is 45.5 Å². The second-order valence-electron chi connectivity index (χ2n) is 4.78. The zero-order valence-corrected chi connectivity index (χ0v) is 11.1. The molecule has 0 saturated carbocycles. The molecule has 0 saturated heterocycles. The maximum absolute atomic E-state index is 11.5. The molecule has 1 N–H and O–H groups in total. The molecule has 0 amide bonds. The molecule has 0 fully saturated rings. The van der Waals surface area contributed by atoms with Crippen molar-refractivity contribution in [3.8, 4) is 0 Å². The van der Waals surface area contributed by atoms with Crippen LogP contribution in [0.15, 0.2) is 24.3 Å². The Morgan fingerprint density at radius 3 is 2.50 bits per heavy atom. The molecule has 4 nitrogen and oxygen atoms in total. The van der Waals surface area contributed by atoms with Gasteiger partial charge >= 0.3 is 5.97 Å². The number of hydrogen-bond acceptors (Lipinski definition) is 2. The Morgan fingerprint density at radius 1 is 1.33 bits per heavy atom. The van der Waals surface area contributed by atoms with Crippen LogP contribution in [0.1, 0.15) is 17.3 Å². The van der Waals surface area contributed by atoms with Gasteiger partial charge in [-0.1, -0.05) is 18.2 Å². The number of carboxylic acids is 1. The van der Waals surface area contributed by atoms with Gasteiger partial charge in [0.2, 0.25) is 0 Å². The molecule has 1 heterocycles. The molecule has 1 aromatic carbocycles. The third kappa shape index (κ3) is 1.78. The van der Waals surface area contributed by atoms with Crippen molar-refractivity contribution >= 4 is 16.9 Å². The van der Waals surface area contributed by atoms with Crippen LogP contribution in [0, 0.1) is 6.92 Å².